The van der Waals surface area contributed by atoms with Crippen LogP contribution in [0.4, 0.5) is 0 Å². The molecule has 1 N–H and O–H groups in total. The SMILES string of the molecule is CC1CCCN(C(=O)c2cccc(C(=O)NC(C)(C)C)n2)C1. The third-order valence-electron chi connectivity index (χ3n) is 3.63. The van der Waals surface area contributed by atoms with Gasteiger partial charge in [0.25, 0.3) is 11.8 Å². The molecule has 0 radical (unpaired) electrons. The van der Waals surface area contributed by atoms with Gasteiger partial charge in [-0.1, -0.05) is 13.0 Å². The van der Waals surface area contributed by atoms with Crippen LogP contribution >= 0.6 is 0 Å². The van der Waals surface area contributed by atoms with Gasteiger partial charge in [-0.05, 0) is 51.7 Å². The number of amides is 2. The molecule has 5 nitrogen and oxygen atoms in total. The van der Waals surface area contributed by atoms with Crippen molar-refractivity contribution in [1.82, 2.24) is 15.2 Å². The lowest BCUT2D eigenvalue weighted by molar-refractivity contribution is 0.0677. The average molecular weight is 303 g/mol. The first-order chi connectivity index (χ1) is 10.3. The number of nitrogens with one attached hydrogen (secondary N) is 1. The van der Waals surface area contributed by atoms with E-state index in [9.17, 15) is 9.59 Å². The number of rotatable bonds is 2. The number of hydrogen-bond donors (Lipinski definition) is 1. The highest BCUT2D eigenvalue weighted by atomic mass is 16.2. The summed E-state index contributed by atoms with van der Waals surface area (Å²) < 4.78 is 0. The van der Waals surface area contributed by atoms with Crippen LogP contribution in [0.15, 0.2) is 18.2 Å². The molecule has 1 aromatic rings. The summed E-state index contributed by atoms with van der Waals surface area (Å²) in [6, 6.07) is 5.03. The number of hydrogen-bond acceptors (Lipinski definition) is 3. The molecule has 2 amide bonds. The standard InChI is InChI=1S/C17H25N3O2/c1-12-7-6-10-20(11-12)16(22)14-9-5-8-13(18-14)15(21)19-17(2,3)4/h5,8-9,12H,6-7,10-11H2,1-4H3,(H,19,21). The summed E-state index contributed by atoms with van der Waals surface area (Å²) in [7, 11) is 0. The van der Waals surface area contributed by atoms with Crippen LogP contribution in [0.1, 0.15) is 61.5 Å². The lowest BCUT2D eigenvalue weighted by Gasteiger charge is -2.30. The van der Waals surface area contributed by atoms with Gasteiger partial charge in [0, 0.05) is 18.6 Å². The van der Waals surface area contributed by atoms with Gasteiger partial charge >= 0.3 is 0 Å². The Morgan fingerprint density at radius 2 is 1.95 bits per heavy atom. The highest BCUT2D eigenvalue weighted by molar-refractivity contribution is 5.96. The third kappa shape index (κ3) is 4.29. The fourth-order valence-corrected chi connectivity index (χ4v) is 2.62. The number of nitrogens with zero attached hydrogens (tertiary/aromatic N) is 2. The third-order valence-corrected chi connectivity index (χ3v) is 3.63. The van der Waals surface area contributed by atoms with Crippen LogP contribution in [0.5, 0.6) is 0 Å². The minimum atomic E-state index is -0.332. The van der Waals surface area contributed by atoms with Gasteiger partial charge in [0.15, 0.2) is 0 Å². The number of likely N-dealkylation sites (tertiary alicyclic amines) is 1. The normalized spacial score (nSPS) is 18.9. The van der Waals surface area contributed by atoms with Gasteiger partial charge in [-0.15, -0.1) is 0 Å². The van der Waals surface area contributed by atoms with E-state index in [0.717, 1.165) is 25.9 Å². The van der Waals surface area contributed by atoms with E-state index < -0.39 is 0 Å². The molecule has 1 aliphatic heterocycles. The van der Waals surface area contributed by atoms with Crippen LogP contribution in [0.2, 0.25) is 0 Å². The van der Waals surface area contributed by atoms with Crippen molar-refractivity contribution in [2.45, 2.75) is 46.1 Å². The van der Waals surface area contributed by atoms with Gasteiger partial charge in [-0.3, -0.25) is 9.59 Å². The van der Waals surface area contributed by atoms with Gasteiger partial charge in [0.05, 0.1) is 0 Å². The number of aromatic nitrogens is 1. The second-order valence-corrected chi connectivity index (χ2v) is 7.11. The maximum Gasteiger partial charge on any atom is 0.272 e. The maximum absolute atomic E-state index is 12.5. The molecule has 5 heteroatoms. The van der Waals surface area contributed by atoms with Crippen molar-refractivity contribution in [2.75, 3.05) is 13.1 Å². The van der Waals surface area contributed by atoms with E-state index in [4.69, 9.17) is 0 Å². The molecular weight excluding hydrogens is 278 g/mol. The Hall–Kier alpha value is -1.91. The molecule has 0 aliphatic carbocycles. The van der Waals surface area contributed by atoms with E-state index in [1.807, 2.05) is 25.7 Å². The first kappa shape index (κ1) is 16.5. The van der Waals surface area contributed by atoms with E-state index in [1.165, 1.54) is 0 Å². The number of carbonyl (C=O) groups is 2. The van der Waals surface area contributed by atoms with Crippen molar-refractivity contribution < 1.29 is 9.59 Å². The Bertz CT molecular complexity index is 563. The lowest BCUT2D eigenvalue weighted by atomic mass is 10.00. The van der Waals surface area contributed by atoms with Crippen molar-refractivity contribution in [1.29, 1.82) is 0 Å². The molecule has 120 valence electrons. The largest absolute Gasteiger partial charge is 0.346 e. The Morgan fingerprint density at radius 1 is 1.27 bits per heavy atom. The Labute approximate surface area is 132 Å². The molecule has 1 atom stereocenters. The van der Waals surface area contributed by atoms with Gasteiger partial charge in [0.1, 0.15) is 11.4 Å². The molecule has 0 saturated carbocycles. The van der Waals surface area contributed by atoms with Crippen molar-refractivity contribution in [3.8, 4) is 0 Å². The number of pyridine rings is 1. The van der Waals surface area contributed by atoms with E-state index >= 15 is 0 Å². The van der Waals surface area contributed by atoms with Gasteiger partial charge in [0.2, 0.25) is 0 Å². The highest BCUT2D eigenvalue weighted by Crippen LogP contribution is 2.17. The minimum absolute atomic E-state index is 0.0861. The molecule has 0 aromatic carbocycles. The van der Waals surface area contributed by atoms with Crippen molar-refractivity contribution >= 4 is 11.8 Å². The zero-order valence-corrected chi connectivity index (χ0v) is 13.8. The van der Waals surface area contributed by atoms with E-state index in [2.05, 4.69) is 17.2 Å². The van der Waals surface area contributed by atoms with Crippen LogP contribution in [0, 0.1) is 5.92 Å². The first-order valence-electron chi connectivity index (χ1n) is 7.85. The van der Waals surface area contributed by atoms with E-state index in [-0.39, 0.29) is 23.0 Å². The quantitative estimate of drug-likeness (QED) is 0.913. The van der Waals surface area contributed by atoms with Crippen LogP contribution < -0.4 is 5.32 Å². The first-order valence-corrected chi connectivity index (χ1v) is 7.85. The zero-order chi connectivity index (χ0) is 16.3. The van der Waals surface area contributed by atoms with E-state index in [1.54, 1.807) is 18.2 Å². The summed E-state index contributed by atoms with van der Waals surface area (Å²) in [6.45, 7) is 9.42. The van der Waals surface area contributed by atoms with E-state index in [0.29, 0.717) is 11.6 Å². The fourth-order valence-electron chi connectivity index (χ4n) is 2.62. The molecule has 1 aliphatic rings. The van der Waals surface area contributed by atoms with Crippen LogP contribution in [-0.2, 0) is 0 Å². The van der Waals surface area contributed by atoms with Crippen LogP contribution in [-0.4, -0.2) is 40.3 Å². The summed E-state index contributed by atoms with van der Waals surface area (Å²) in [5.41, 5.74) is 0.294. The number of piperidine rings is 1. The topological polar surface area (TPSA) is 62.3 Å². The molecular formula is C17H25N3O2. The smallest absolute Gasteiger partial charge is 0.272 e. The predicted octanol–water partition coefficient (Wildman–Crippen LogP) is 2.48. The summed E-state index contributed by atoms with van der Waals surface area (Å²) >= 11 is 0. The second-order valence-electron chi connectivity index (χ2n) is 7.11. The molecule has 1 aromatic heterocycles. The molecule has 2 heterocycles. The zero-order valence-electron chi connectivity index (χ0n) is 13.8. The van der Waals surface area contributed by atoms with Gasteiger partial charge in [-0.25, -0.2) is 4.98 Å². The van der Waals surface area contributed by atoms with Crippen molar-refractivity contribution in [2.24, 2.45) is 5.92 Å². The number of carbonyl (C=O) groups excluding carboxylic acids is 2. The molecule has 1 fully saturated rings. The minimum Gasteiger partial charge on any atom is -0.346 e. The lowest BCUT2D eigenvalue weighted by Crippen LogP contribution is -2.41. The molecule has 2 rings (SSSR count). The fraction of sp³-hybridized carbons (Fsp3) is 0.588. The molecule has 22 heavy (non-hydrogen) atoms. The molecule has 0 spiro atoms. The Kier molecular flexibility index (Phi) is 4.84. The molecule has 1 unspecified atom stereocenters. The molecule has 0 bridgehead atoms. The van der Waals surface area contributed by atoms with Gasteiger partial charge < -0.3 is 10.2 Å². The summed E-state index contributed by atoms with van der Waals surface area (Å²) in [5, 5.41) is 2.86. The maximum atomic E-state index is 12.5. The monoisotopic (exact) mass is 303 g/mol. The predicted molar refractivity (Wildman–Crippen MR) is 85.8 cm³/mol. The Balaban J connectivity index is 2.14. The summed E-state index contributed by atoms with van der Waals surface area (Å²) in [4.78, 5) is 30.8. The summed E-state index contributed by atoms with van der Waals surface area (Å²) in [5.74, 6) is 0.177. The van der Waals surface area contributed by atoms with Crippen LogP contribution in [0.3, 0.4) is 0 Å². The summed E-state index contributed by atoms with van der Waals surface area (Å²) in [6.07, 6.45) is 2.18. The van der Waals surface area contributed by atoms with Crippen molar-refractivity contribution in [3.63, 3.8) is 0 Å². The second kappa shape index (κ2) is 6.46. The van der Waals surface area contributed by atoms with Gasteiger partial charge in [-0.2, -0.15) is 0 Å². The van der Waals surface area contributed by atoms with Crippen LogP contribution in [0.25, 0.3) is 0 Å². The Morgan fingerprint density at radius 3 is 2.59 bits per heavy atom. The highest BCUT2D eigenvalue weighted by Gasteiger charge is 2.24. The van der Waals surface area contributed by atoms with Crippen molar-refractivity contribution in [3.05, 3.63) is 29.6 Å². The average Bonchev–Trinajstić information content (AvgIpc) is 2.45. The molecule has 1 saturated heterocycles.